The summed E-state index contributed by atoms with van der Waals surface area (Å²) in [7, 11) is 0.603. The maximum atomic E-state index is 14.3. The minimum Gasteiger partial charge on any atom is -0.497 e. The number of aryl methyl sites for hydroxylation is 1. The van der Waals surface area contributed by atoms with E-state index in [0.717, 1.165) is 28.8 Å². The van der Waals surface area contributed by atoms with E-state index in [4.69, 9.17) is 26.8 Å². The number of sulfonamides is 1. The predicted molar refractivity (Wildman–Crippen MR) is 189 cm³/mol. The molecule has 3 aromatic carbocycles. The summed E-state index contributed by atoms with van der Waals surface area (Å²) in [5.74, 6) is -0.741. The average Bonchev–Trinajstić information content (AvgIpc) is 3.40. The number of fused-ring (bicyclic) bond motifs is 2. The highest BCUT2D eigenvalue weighted by molar-refractivity contribution is 7.92. The second kappa shape index (κ2) is 14.2. The van der Waals surface area contributed by atoms with Crippen LogP contribution in [0.2, 0.25) is 5.02 Å². The van der Waals surface area contributed by atoms with Crippen LogP contribution in [0.15, 0.2) is 71.5 Å². The van der Waals surface area contributed by atoms with Gasteiger partial charge in [-0.05, 0) is 60.0 Å². The topological polar surface area (TPSA) is 147 Å². The van der Waals surface area contributed by atoms with E-state index in [9.17, 15) is 22.0 Å². The molecular weight excluding hydrogens is 715 g/mol. The summed E-state index contributed by atoms with van der Waals surface area (Å²) in [5.41, 5.74) is 7.52. The van der Waals surface area contributed by atoms with Gasteiger partial charge in [0.2, 0.25) is 15.9 Å². The Morgan fingerprint density at radius 2 is 1.64 bits per heavy atom. The summed E-state index contributed by atoms with van der Waals surface area (Å²) >= 11 is 6.77. The molecule has 0 fully saturated rings. The smallest absolute Gasteiger partial charge is 0.267 e. The third kappa shape index (κ3) is 6.94. The third-order valence-corrected chi connectivity index (χ3v) is 9.33. The number of benzene rings is 3. The highest BCUT2D eigenvalue weighted by Gasteiger charge is 2.29. The number of nitrogens with two attached hydrogens (primary N) is 1. The number of methoxy groups -OCH3 is 2. The quantitative estimate of drug-likeness (QED) is 0.199. The number of aromatic nitrogens is 5. The lowest BCUT2D eigenvalue weighted by molar-refractivity contribution is 0.399. The predicted octanol–water partition coefficient (Wildman–Crippen LogP) is 5.25. The van der Waals surface area contributed by atoms with E-state index in [2.05, 4.69) is 15.1 Å². The highest BCUT2D eigenvalue weighted by atomic mass is 35.5. The van der Waals surface area contributed by atoms with E-state index in [1.54, 1.807) is 37.4 Å². The maximum absolute atomic E-state index is 14.3. The number of hydrogen-bond donors (Lipinski definition) is 1. The SMILES string of the molecule is COc1ccc(CN(c2nn(C)c3c(-n4c(C(N)Cc5cc(F)cc(F)c5)nc5nc(OC)ccc5c4=O)ccc(Cl)c23)S(C)(=O)=O)cc1.Cl. The molecule has 2 N–H and O–H groups in total. The number of nitrogens with zero attached hydrogens (tertiary/aromatic N) is 6. The van der Waals surface area contributed by atoms with Crippen molar-refractivity contribution in [1.82, 2.24) is 24.3 Å². The van der Waals surface area contributed by atoms with E-state index in [-0.39, 0.29) is 75.6 Å². The third-order valence-electron chi connectivity index (χ3n) is 7.91. The van der Waals surface area contributed by atoms with Crippen LogP contribution in [0.3, 0.4) is 0 Å². The largest absolute Gasteiger partial charge is 0.497 e. The van der Waals surface area contributed by atoms with Crippen molar-refractivity contribution in [1.29, 1.82) is 0 Å². The van der Waals surface area contributed by atoms with Gasteiger partial charge in [-0.3, -0.25) is 14.0 Å². The first-order valence-corrected chi connectivity index (χ1v) is 17.0. The number of hydrogen-bond acceptors (Lipinski definition) is 9. The molecule has 0 bridgehead atoms. The minimum atomic E-state index is -3.93. The van der Waals surface area contributed by atoms with E-state index in [1.807, 2.05) is 0 Å². The van der Waals surface area contributed by atoms with Crippen molar-refractivity contribution in [3.8, 4) is 17.3 Å². The standard InChI is InChI=1S/C33H30ClF2N7O5S.ClH/c1-41-29-26(11-10-24(34)28(29)32(40-41)42(49(4,45)46)17-18-5-7-22(47-2)8-6-18)43-31(25(37)15-19-13-20(35)16-21(36)14-19)39-30-23(33(43)44)9-12-27(38-30)48-3;/h5-14,16,25H,15,17,37H2,1-4H3;1H. The highest BCUT2D eigenvalue weighted by Crippen LogP contribution is 2.38. The van der Waals surface area contributed by atoms with Gasteiger partial charge in [0.25, 0.3) is 5.56 Å². The van der Waals surface area contributed by atoms with Crippen LogP contribution in [0.5, 0.6) is 11.6 Å². The monoisotopic (exact) mass is 745 g/mol. The molecule has 3 heterocycles. The molecule has 0 aliphatic rings. The minimum absolute atomic E-state index is 0. The fraction of sp³-hybridized carbons (Fsp3) is 0.212. The molecule has 0 aliphatic carbocycles. The lowest BCUT2D eigenvalue weighted by Crippen LogP contribution is -2.30. The van der Waals surface area contributed by atoms with Crippen molar-refractivity contribution < 1.29 is 26.7 Å². The zero-order valence-corrected chi connectivity index (χ0v) is 29.5. The molecule has 0 radical (unpaired) electrons. The first-order valence-electron chi connectivity index (χ1n) is 14.7. The van der Waals surface area contributed by atoms with Gasteiger partial charge in [-0.15, -0.1) is 12.4 Å². The summed E-state index contributed by atoms with van der Waals surface area (Å²) in [6.07, 6.45) is 0.952. The first kappa shape index (κ1) is 36.5. The van der Waals surface area contributed by atoms with Gasteiger partial charge in [0.1, 0.15) is 23.2 Å². The van der Waals surface area contributed by atoms with Crippen LogP contribution in [0.25, 0.3) is 27.6 Å². The van der Waals surface area contributed by atoms with Gasteiger partial charge in [0, 0.05) is 19.2 Å². The molecular formula is C33H31Cl2F2N7O5S. The summed E-state index contributed by atoms with van der Waals surface area (Å²) in [4.78, 5) is 23.3. The normalized spacial score (nSPS) is 12.2. The zero-order valence-electron chi connectivity index (χ0n) is 27.1. The molecule has 1 unspecified atom stereocenters. The molecule has 6 aromatic rings. The Labute approximate surface area is 296 Å². The molecule has 0 saturated carbocycles. The van der Waals surface area contributed by atoms with Gasteiger partial charge < -0.3 is 15.2 Å². The van der Waals surface area contributed by atoms with Gasteiger partial charge in [-0.2, -0.15) is 10.1 Å². The molecule has 0 saturated heterocycles. The van der Waals surface area contributed by atoms with Crippen LogP contribution >= 0.6 is 24.0 Å². The van der Waals surface area contributed by atoms with E-state index >= 15 is 0 Å². The van der Waals surface area contributed by atoms with Crippen LogP contribution < -0.4 is 25.1 Å². The number of rotatable bonds is 10. The van der Waals surface area contributed by atoms with Crippen molar-refractivity contribution >= 4 is 61.8 Å². The van der Waals surface area contributed by atoms with Crippen molar-refractivity contribution in [2.75, 3.05) is 24.8 Å². The Balaban J connectivity index is 0.00000486. The second-order valence-electron chi connectivity index (χ2n) is 11.3. The first-order chi connectivity index (χ1) is 23.3. The van der Waals surface area contributed by atoms with Gasteiger partial charge in [-0.1, -0.05) is 23.7 Å². The molecule has 6 rings (SSSR count). The van der Waals surface area contributed by atoms with E-state index in [0.29, 0.717) is 16.8 Å². The molecule has 0 aliphatic heterocycles. The summed E-state index contributed by atoms with van der Waals surface area (Å²) in [6, 6.07) is 14.9. The van der Waals surface area contributed by atoms with E-state index < -0.39 is 33.3 Å². The Kier molecular flexibility index (Phi) is 10.3. The molecule has 0 amide bonds. The lowest BCUT2D eigenvalue weighted by atomic mass is 10.0. The van der Waals surface area contributed by atoms with E-state index in [1.165, 1.54) is 41.7 Å². The second-order valence-corrected chi connectivity index (χ2v) is 13.6. The van der Waals surface area contributed by atoms with Crippen LogP contribution in [0, 0.1) is 11.6 Å². The Hall–Kier alpha value is -4.83. The Morgan fingerprint density at radius 3 is 2.26 bits per heavy atom. The van der Waals surface area contributed by atoms with Crippen molar-refractivity contribution in [3.05, 3.63) is 111 Å². The molecule has 12 nitrogen and oxygen atoms in total. The number of ether oxygens (including phenoxy) is 2. The summed E-state index contributed by atoms with van der Waals surface area (Å²) in [6.45, 7) is -0.0825. The van der Waals surface area contributed by atoms with Gasteiger partial charge >= 0.3 is 0 Å². The van der Waals surface area contributed by atoms with Crippen molar-refractivity contribution in [3.63, 3.8) is 0 Å². The number of anilines is 1. The zero-order chi connectivity index (χ0) is 35.2. The molecule has 0 spiro atoms. The van der Waals surface area contributed by atoms with Crippen LogP contribution in [0.1, 0.15) is 23.0 Å². The Morgan fingerprint density at radius 1 is 0.960 bits per heavy atom. The van der Waals surface area contributed by atoms with Gasteiger partial charge in [0.15, 0.2) is 11.5 Å². The molecule has 1 atom stereocenters. The number of halogens is 4. The van der Waals surface area contributed by atoms with Crippen LogP contribution in [-0.2, 0) is 30.0 Å². The fourth-order valence-electron chi connectivity index (χ4n) is 5.67. The van der Waals surface area contributed by atoms with Crippen LogP contribution in [0.4, 0.5) is 14.6 Å². The maximum Gasteiger partial charge on any atom is 0.267 e. The number of pyridine rings is 1. The van der Waals surface area contributed by atoms with Crippen molar-refractivity contribution in [2.45, 2.75) is 19.0 Å². The van der Waals surface area contributed by atoms with Crippen LogP contribution in [-0.4, -0.2) is 53.2 Å². The van der Waals surface area contributed by atoms with Gasteiger partial charge in [-0.25, -0.2) is 26.5 Å². The molecule has 262 valence electrons. The fourth-order valence-corrected chi connectivity index (χ4v) is 6.74. The summed E-state index contributed by atoms with van der Waals surface area (Å²) in [5, 5.41) is 5.12. The summed E-state index contributed by atoms with van der Waals surface area (Å²) < 4.78 is 69.0. The van der Waals surface area contributed by atoms with Crippen molar-refractivity contribution in [2.24, 2.45) is 12.8 Å². The molecule has 17 heteroatoms. The Bertz CT molecular complexity index is 2390. The average molecular weight is 747 g/mol. The molecule has 50 heavy (non-hydrogen) atoms. The molecule has 3 aromatic heterocycles. The van der Waals surface area contributed by atoms with Gasteiger partial charge in [0.05, 0.1) is 60.1 Å². The lowest BCUT2D eigenvalue weighted by Gasteiger charge is -2.21.